The Labute approximate surface area is 113 Å². The molecule has 19 heavy (non-hydrogen) atoms. The normalized spacial score (nSPS) is 12.6. The van der Waals surface area contributed by atoms with E-state index in [0.717, 1.165) is 24.0 Å². The molecule has 2 rings (SSSR count). The van der Waals surface area contributed by atoms with Gasteiger partial charge in [0.05, 0.1) is 0 Å². The Balaban J connectivity index is 2.09. The van der Waals surface area contributed by atoms with Crippen LogP contribution in [-0.2, 0) is 13.5 Å². The first kappa shape index (κ1) is 13.7. The Morgan fingerprint density at radius 3 is 2.74 bits per heavy atom. The summed E-state index contributed by atoms with van der Waals surface area (Å²) in [5.41, 5.74) is 3.14. The second kappa shape index (κ2) is 5.97. The first-order valence-corrected chi connectivity index (χ1v) is 6.51. The van der Waals surface area contributed by atoms with Gasteiger partial charge in [-0.15, -0.1) is 0 Å². The highest BCUT2D eigenvalue weighted by molar-refractivity contribution is 5.26. The largest absolute Gasteiger partial charge is 0.313 e. The van der Waals surface area contributed by atoms with E-state index in [9.17, 15) is 4.39 Å². The van der Waals surface area contributed by atoms with Gasteiger partial charge in [-0.3, -0.25) is 4.68 Å². The van der Waals surface area contributed by atoms with Gasteiger partial charge in [-0.25, -0.2) is 4.39 Å². The molecular weight excluding hydrogens is 241 g/mol. The fourth-order valence-corrected chi connectivity index (χ4v) is 2.38. The molecule has 102 valence electrons. The zero-order valence-corrected chi connectivity index (χ0v) is 11.7. The highest BCUT2D eigenvalue weighted by Gasteiger charge is 2.12. The zero-order chi connectivity index (χ0) is 13.8. The van der Waals surface area contributed by atoms with Crippen LogP contribution in [0.25, 0.3) is 0 Å². The number of nitrogens with zero attached hydrogens (tertiary/aromatic N) is 2. The number of halogens is 1. The van der Waals surface area contributed by atoms with Crippen LogP contribution in [0, 0.1) is 12.7 Å². The summed E-state index contributed by atoms with van der Waals surface area (Å²) in [5.74, 6) is -0.171. The van der Waals surface area contributed by atoms with Crippen LogP contribution in [0.2, 0.25) is 0 Å². The van der Waals surface area contributed by atoms with Gasteiger partial charge in [-0.1, -0.05) is 6.07 Å². The van der Waals surface area contributed by atoms with Gasteiger partial charge in [0.15, 0.2) is 0 Å². The van der Waals surface area contributed by atoms with Gasteiger partial charge in [0, 0.05) is 25.0 Å². The summed E-state index contributed by atoms with van der Waals surface area (Å²) in [5, 5.41) is 7.42. The minimum Gasteiger partial charge on any atom is -0.313 e. The van der Waals surface area contributed by atoms with Crippen LogP contribution in [0.3, 0.4) is 0 Å². The molecule has 0 saturated carbocycles. The van der Waals surface area contributed by atoms with Crippen molar-refractivity contribution in [2.24, 2.45) is 7.05 Å². The van der Waals surface area contributed by atoms with Crippen molar-refractivity contribution in [1.29, 1.82) is 0 Å². The summed E-state index contributed by atoms with van der Waals surface area (Å²) < 4.78 is 15.3. The lowest BCUT2D eigenvalue weighted by molar-refractivity contribution is 0.529. The van der Waals surface area contributed by atoms with Crippen molar-refractivity contribution < 1.29 is 4.39 Å². The van der Waals surface area contributed by atoms with Crippen LogP contribution in [0.1, 0.15) is 29.3 Å². The maximum Gasteiger partial charge on any atom is 0.123 e. The fraction of sp³-hybridized carbons (Fsp3) is 0.400. The molecule has 0 saturated heterocycles. The molecule has 3 nitrogen and oxygen atoms in total. The van der Waals surface area contributed by atoms with Crippen molar-refractivity contribution >= 4 is 0 Å². The molecule has 0 fully saturated rings. The third kappa shape index (κ3) is 3.41. The van der Waals surface area contributed by atoms with E-state index in [1.807, 2.05) is 37.8 Å². The van der Waals surface area contributed by atoms with Crippen molar-refractivity contribution in [2.45, 2.75) is 25.8 Å². The number of nitrogens with one attached hydrogen (secondary N) is 1. The van der Waals surface area contributed by atoms with Crippen LogP contribution in [-0.4, -0.2) is 16.8 Å². The number of hydrogen-bond acceptors (Lipinski definition) is 2. The SMILES string of the molecule is CNC(CCc1ccnn1C)c1cc(C)cc(F)c1. The summed E-state index contributed by atoms with van der Waals surface area (Å²) in [4.78, 5) is 0. The van der Waals surface area contributed by atoms with Gasteiger partial charge in [0.1, 0.15) is 5.82 Å². The lowest BCUT2D eigenvalue weighted by Crippen LogP contribution is -2.18. The first-order valence-electron chi connectivity index (χ1n) is 6.51. The van der Waals surface area contributed by atoms with E-state index < -0.39 is 0 Å². The molecule has 1 atom stereocenters. The van der Waals surface area contributed by atoms with E-state index >= 15 is 0 Å². The summed E-state index contributed by atoms with van der Waals surface area (Å²) in [7, 11) is 3.85. The third-order valence-electron chi connectivity index (χ3n) is 3.43. The zero-order valence-electron chi connectivity index (χ0n) is 11.7. The molecule has 0 aliphatic rings. The molecule has 1 aromatic heterocycles. The minimum atomic E-state index is -0.171. The Morgan fingerprint density at radius 1 is 1.37 bits per heavy atom. The quantitative estimate of drug-likeness (QED) is 0.897. The number of hydrogen-bond donors (Lipinski definition) is 1. The van der Waals surface area contributed by atoms with E-state index in [1.54, 1.807) is 18.3 Å². The lowest BCUT2D eigenvalue weighted by atomic mass is 9.99. The lowest BCUT2D eigenvalue weighted by Gasteiger charge is -2.17. The van der Waals surface area contributed by atoms with E-state index in [-0.39, 0.29) is 11.9 Å². The average molecular weight is 261 g/mol. The Kier molecular flexibility index (Phi) is 4.32. The van der Waals surface area contributed by atoms with Gasteiger partial charge in [0.2, 0.25) is 0 Å². The molecule has 1 N–H and O–H groups in total. The third-order valence-corrected chi connectivity index (χ3v) is 3.43. The fourth-order valence-electron chi connectivity index (χ4n) is 2.38. The molecule has 0 spiro atoms. The van der Waals surface area contributed by atoms with Gasteiger partial charge in [0.25, 0.3) is 0 Å². The standard InChI is InChI=1S/C15H20FN3/c1-11-8-12(10-13(16)9-11)15(17-2)5-4-14-6-7-18-19(14)3/h6-10,15,17H,4-5H2,1-3H3. The van der Waals surface area contributed by atoms with Crippen molar-refractivity contribution in [2.75, 3.05) is 7.05 Å². The van der Waals surface area contributed by atoms with Crippen LogP contribution >= 0.6 is 0 Å². The van der Waals surface area contributed by atoms with Crippen molar-refractivity contribution in [3.8, 4) is 0 Å². The summed E-state index contributed by atoms with van der Waals surface area (Å²) >= 11 is 0. The summed E-state index contributed by atoms with van der Waals surface area (Å²) in [6.07, 6.45) is 3.63. The average Bonchev–Trinajstić information content (AvgIpc) is 2.75. The topological polar surface area (TPSA) is 29.9 Å². The molecular formula is C15H20FN3. The Morgan fingerprint density at radius 2 is 2.16 bits per heavy atom. The molecule has 1 aromatic carbocycles. The van der Waals surface area contributed by atoms with E-state index in [1.165, 1.54) is 5.69 Å². The number of rotatable bonds is 5. The maximum absolute atomic E-state index is 13.5. The van der Waals surface area contributed by atoms with E-state index in [2.05, 4.69) is 10.4 Å². The van der Waals surface area contributed by atoms with Crippen LogP contribution in [0.15, 0.2) is 30.5 Å². The van der Waals surface area contributed by atoms with Gasteiger partial charge in [-0.05, 0) is 56.1 Å². The molecule has 2 aromatic rings. The minimum absolute atomic E-state index is 0.157. The van der Waals surface area contributed by atoms with E-state index in [0.29, 0.717) is 0 Å². The van der Waals surface area contributed by atoms with Crippen LogP contribution in [0.4, 0.5) is 4.39 Å². The monoisotopic (exact) mass is 261 g/mol. The Hall–Kier alpha value is -1.68. The van der Waals surface area contributed by atoms with Crippen LogP contribution in [0.5, 0.6) is 0 Å². The summed E-state index contributed by atoms with van der Waals surface area (Å²) in [6.45, 7) is 1.92. The van der Waals surface area contributed by atoms with Crippen molar-refractivity contribution in [1.82, 2.24) is 15.1 Å². The number of aromatic nitrogens is 2. The smallest absolute Gasteiger partial charge is 0.123 e. The van der Waals surface area contributed by atoms with Gasteiger partial charge >= 0.3 is 0 Å². The predicted molar refractivity (Wildman–Crippen MR) is 74.5 cm³/mol. The summed E-state index contributed by atoms with van der Waals surface area (Å²) in [6, 6.07) is 7.37. The second-order valence-corrected chi connectivity index (χ2v) is 4.89. The van der Waals surface area contributed by atoms with Crippen molar-refractivity contribution in [3.63, 3.8) is 0 Å². The van der Waals surface area contributed by atoms with E-state index in [4.69, 9.17) is 0 Å². The second-order valence-electron chi connectivity index (χ2n) is 4.89. The molecule has 0 bridgehead atoms. The molecule has 1 heterocycles. The first-order chi connectivity index (χ1) is 9.10. The number of benzene rings is 1. The Bertz CT molecular complexity index is 528. The molecule has 4 heteroatoms. The molecule has 1 unspecified atom stereocenters. The van der Waals surface area contributed by atoms with Gasteiger partial charge in [-0.2, -0.15) is 5.10 Å². The van der Waals surface area contributed by atoms with Crippen LogP contribution < -0.4 is 5.32 Å². The molecule has 0 radical (unpaired) electrons. The van der Waals surface area contributed by atoms with Gasteiger partial charge < -0.3 is 5.32 Å². The predicted octanol–water partition coefficient (Wildman–Crippen LogP) is 2.76. The highest BCUT2D eigenvalue weighted by Crippen LogP contribution is 2.21. The number of aryl methyl sites for hydroxylation is 3. The molecule has 0 aliphatic carbocycles. The molecule has 0 aliphatic heterocycles. The maximum atomic E-state index is 13.5. The highest BCUT2D eigenvalue weighted by atomic mass is 19.1. The van der Waals surface area contributed by atoms with Crippen molar-refractivity contribution in [3.05, 3.63) is 53.1 Å². The molecule has 0 amide bonds.